The number of phenolic OH excluding ortho intramolecular Hbond substituents is 1. The third kappa shape index (κ3) is 19.1. The molecule has 1 aromatic rings. The zero-order valence-corrected chi connectivity index (χ0v) is 22.6. The predicted octanol–water partition coefficient (Wildman–Crippen LogP) is 11.5. The van der Waals surface area contributed by atoms with E-state index in [1.165, 1.54) is 153 Å². The van der Waals surface area contributed by atoms with Gasteiger partial charge in [0.2, 0.25) is 0 Å². The molecule has 1 heteroatoms. The largest absolute Gasteiger partial charge is 0.508 e. The zero-order chi connectivity index (χ0) is 23.8. The Morgan fingerprint density at radius 1 is 0.485 bits per heavy atom. The average molecular weight is 459 g/mol. The molecule has 0 fully saturated rings. The van der Waals surface area contributed by atoms with Gasteiger partial charge in [-0.1, -0.05) is 167 Å². The molecule has 0 amide bonds. The normalized spacial score (nSPS) is 12.3. The Kier molecular flexibility index (Phi) is 20.8. The van der Waals surface area contributed by atoms with Gasteiger partial charge in [-0.15, -0.1) is 0 Å². The molecule has 0 saturated carbocycles. The van der Waals surface area contributed by atoms with Crippen molar-refractivity contribution in [2.24, 2.45) is 0 Å². The van der Waals surface area contributed by atoms with Gasteiger partial charge in [0.05, 0.1) is 0 Å². The number of rotatable bonds is 24. The van der Waals surface area contributed by atoms with Gasteiger partial charge in [-0.05, 0) is 30.0 Å². The summed E-state index contributed by atoms with van der Waals surface area (Å²) in [6.45, 7) is 4.61. The first-order valence-electron chi connectivity index (χ1n) is 15.0. The van der Waals surface area contributed by atoms with Crippen molar-refractivity contribution >= 4 is 0 Å². The molecule has 0 radical (unpaired) electrons. The third-order valence-corrected chi connectivity index (χ3v) is 7.45. The summed E-state index contributed by atoms with van der Waals surface area (Å²) in [5.41, 5.74) is 1.36. The molecule has 0 saturated heterocycles. The van der Waals surface area contributed by atoms with Crippen LogP contribution in [0.3, 0.4) is 0 Å². The Bertz CT molecular complexity index is 506. The van der Waals surface area contributed by atoms with Crippen LogP contribution in [-0.2, 0) is 0 Å². The molecule has 0 aliphatic rings. The summed E-state index contributed by atoms with van der Waals surface area (Å²) in [4.78, 5) is 0. The molecular formula is C32H58O. The molecular weight excluding hydrogens is 400 g/mol. The summed E-state index contributed by atoms with van der Waals surface area (Å²) in [5.74, 6) is 0.978. The summed E-state index contributed by atoms with van der Waals surface area (Å²) in [7, 11) is 0. The fourth-order valence-corrected chi connectivity index (χ4v) is 5.03. The lowest BCUT2D eigenvalue weighted by Gasteiger charge is -2.11. The molecule has 1 N–H and O–H groups in total. The monoisotopic (exact) mass is 458 g/mol. The molecule has 1 nitrogen and oxygen atoms in total. The maximum absolute atomic E-state index is 9.40. The van der Waals surface area contributed by atoms with Crippen molar-refractivity contribution in [2.45, 2.75) is 167 Å². The van der Waals surface area contributed by atoms with Crippen LogP contribution in [0.5, 0.6) is 5.75 Å². The molecule has 192 valence electrons. The number of hydrogen-bond donors (Lipinski definition) is 1. The molecule has 1 aromatic carbocycles. The van der Waals surface area contributed by atoms with Crippen molar-refractivity contribution in [1.29, 1.82) is 0 Å². The Balaban J connectivity index is 1.72. The maximum Gasteiger partial charge on any atom is 0.115 e. The van der Waals surface area contributed by atoms with Gasteiger partial charge in [-0.25, -0.2) is 0 Å². The van der Waals surface area contributed by atoms with Gasteiger partial charge in [0, 0.05) is 0 Å². The molecule has 0 heterocycles. The number of aromatic hydroxyl groups is 1. The highest BCUT2D eigenvalue weighted by Gasteiger charge is 2.05. The number of benzene rings is 1. The van der Waals surface area contributed by atoms with Crippen LogP contribution in [0.4, 0.5) is 0 Å². The predicted molar refractivity (Wildman–Crippen MR) is 148 cm³/mol. The SMILES string of the molecule is CCCCCCCCCCCCCCCCCCCCCCCCC(C)c1ccc(O)cc1. The average Bonchev–Trinajstić information content (AvgIpc) is 2.82. The summed E-state index contributed by atoms with van der Waals surface area (Å²) in [6.07, 6.45) is 33.1. The van der Waals surface area contributed by atoms with E-state index in [0.29, 0.717) is 11.7 Å². The van der Waals surface area contributed by atoms with Gasteiger partial charge in [-0.2, -0.15) is 0 Å². The van der Waals surface area contributed by atoms with Crippen molar-refractivity contribution in [3.8, 4) is 5.75 Å². The van der Waals surface area contributed by atoms with E-state index >= 15 is 0 Å². The lowest BCUT2D eigenvalue weighted by Crippen LogP contribution is -1.93. The topological polar surface area (TPSA) is 20.2 Å². The summed E-state index contributed by atoms with van der Waals surface area (Å²) >= 11 is 0. The van der Waals surface area contributed by atoms with Gasteiger partial charge < -0.3 is 5.11 Å². The van der Waals surface area contributed by atoms with E-state index in [-0.39, 0.29) is 0 Å². The van der Waals surface area contributed by atoms with E-state index in [1.54, 1.807) is 0 Å². The molecule has 0 bridgehead atoms. The van der Waals surface area contributed by atoms with Crippen molar-refractivity contribution in [3.05, 3.63) is 29.8 Å². The fourth-order valence-electron chi connectivity index (χ4n) is 5.03. The van der Waals surface area contributed by atoms with Crippen molar-refractivity contribution in [3.63, 3.8) is 0 Å². The first kappa shape index (κ1) is 30.1. The molecule has 0 spiro atoms. The molecule has 1 unspecified atom stereocenters. The second kappa shape index (κ2) is 22.8. The molecule has 1 rings (SSSR count). The number of hydrogen-bond acceptors (Lipinski definition) is 1. The minimum absolute atomic E-state index is 0.371. The Labute approximate surface area is 208 Å². The van der Waals surface area contributed by atoms with Crippen LogP contribution in [0.2, 0.25) is 0 Å². The van der Waals surface area contributed by atoms with Crippen LogP contribution >= 0.6 is 0 Å². The van der Waals surface area contributed by atoms with E-state index in [2.05, 4.69) is 26.0 Å². The van der Waals surface area contributed by atoms with Crippen molar-refractivity contribution < 1.29 is 5.11 Å². The van der Waals surface area contributed by atoms with Gasteiger partial charge in [0.1, 0.15) is 5.75 Å². The summed E-state index contributed by atoms with van der Waals surface area (Å²) in [6, 6.07) is 7.76. The van der Waals surface area contributed by atoms with Crippen LogP contribution in [0, 0.1) is 0 Å². The molecule has 0 aliphatic heterocycles. The number of phenols is 1. The van der Waals surface area contributed by atoms with E-state index in [4.69, 9.17) is 0 Å². The highest BCUT2D eigenvalue weighted by Crippen LogP contribution is 2.24. The zero-order valence-electron chi connectivity index (χ0n) is 22.6. The Morgan fingerprint density at radius 2 is 0.788 bits per heavy atom. The first-order chi connectivity index (χ1) is 16.2. The van der Waals surface area contributed by atoms with E-state index in [1.807, 2.05) is 12.1 Å². The quantitative estimate of drug-likeness (QED) is 0.153. The minimum Gasteiger partial charge on any atom is -0.508 e. The van der Waals surface area contributed by atoms with Gasteiger partial charge in [-0.3, -0.25) is 0 Å². The molecule has 0 aliphatic carbocycles. The van der Waals surface area contributed by atoms with Crippen LogP contribution in [0.1, 0.15) is 173 Å². The smallest absolute Gasteiger partial charge is 0.115 e. The molecule has 1 atom stereocenters. The summed E-state index contributed by atoms with van der Waals surface area (Å²) in [5, 5.41) is 9.40. The van der Waals surface area contributed by atoms with E-state index in [0.717, 1.165) is 0 Å². The maximum atomic E-state index is 9.40. The Morgan fingerprint density at radius 3 is 1.12 bits per heavy atom. The van der Waals surface area contributed by atoms with Gasteiger partial charge in [0.15, 0.2) is 0 Å². The molecule has 33 heavy (non-hydrogen) atoms. The minimum atomic E-state index is 0.371. The first-order valence-corrected chi connectivity index (χ1v) is 15.0. The highest BCUT2D eigenvalue weighted by atomic mass is 16.3. The lowest BCUT2D eigenvalue weighted by molar-refractivity contribution is 0.474. The van der Waals surface area contributed by atoms with Crippen LogP contribution in [0.15, 0.2) is 24.3 Å². The molecule has 0 aromatic heterocycles. The standard InChI is InChI=1S/C32H58O/c1-3-4-5-6-7-8-9-10-11-12-13-14-15-16-17-18-19-20-21-22-23-24-25-30(2)31-26-28-32(33)29-27-31/h26-30,33H,3-25H2,1-2H3. The second-order valence-electron chi connectivity index (χ2n) is 10.7. The van der Waals surface area contributed by atoms with Crippen LogP contribution in [-0.4, -0.2) is 5.11 Å². The number of unbranched alkanes of at least 4 members (excludes halogenated alkanes) is 21. The highest BCUT2D eigenvalue weighted by molar-refractivity contribution is 5.27. The van der Waals surface area contributed by atoms with Gasteiger partial charge in [0.25, 0.3) is 0 Å². The van der Waals surface area contributed by atoms with Crippen molar-refractivity contribution in [2.75, 3.05) is 0 Å². The fraction of sp³-hybridized carbons (Fsp3) is 0.812. The third-order valence-electron chi connectivity index (χ3n) is 7.45. The second-order valence-corrected chi connectivity index (χ2v) is 10.7. The van der Waals surface area contributed by atoms with E-state index in [9.17, 15) is 5.11 Å². The lowest BCUT2D eigenvalue weighted by atomic mass is 9.94. The van der Waals surface area contributed by atoms with Crippen molar-refractivity contribution in [1.82, 2.24) is 0 Å². The van der Waals surface area contributed by atoms with Crippen LogP contribution in [0.25, 0.3) is 0 Å². The van der Waals surface area contributed by atoms with Crippen LogP contribution < -0.4 is 0 Å². The Hall–Kier alpha value is -0.980. The van der Waals surface area contributed by atoms with E-state index < -0.39 is 0 Å². The van der Waals surface area contributed by atoms with Gasteiger partial charge >= 0.3 is 0 Å². The summed E-state index contributed by atoms with van der Waals surface area (Å²) < 4.78 is 0.